The van der Waals surface area contributed by atoms with Gasteiger partial charge in [0.15, 0.2) is 23.0 Å². The van der Waals surface area contributed by atoms with Gasteiger partial charge >= 0.3 is 6.03 Å². The molecule has 8 amide bonds. The Morgan fingerprint density at radius 3 is 2.20 bits per heavy atom. The highest BCUT2D eigenvalue weighted by molar-refractivity contribution is 6.13. The van der Waals surface area contributed by atoms with Gasteiger partial charge in [-0.3, -0.25) is 48.5 Å². The van der Waals surface area contributed by atoms with Crippen LogP contribution in [0.5, 0.6) is 23.0 Å². The van der Waals surface area contributed by atoms with Gasteiger partial charge < -0.3 is 61.3 Å². The van der Waals surface area contributed by atoms with E-state index in [1.807, 2.05) is 42.5 Å². The van der Waals surface area contributed by atoms with Crippen LogP contribution in [0.15, 0.2) is 102 Å². The van der Waals surface area contributed by atoms with E-state index in [1.54, 1.807) is 56.3 Å². The van der Waals surface area contributed by atoms with Crippen molar-refractivity contribution in [2.24, 2.45) is 16.6 Å². The Kier molecular flexibility index (Phi) is 19.1. The molecule has 0 bridgehead atoms. The van der Waals surface area contributed by atoms with Crippen LogP contribution >= 0.6 is 0 Å². The summed E-state index contributed by atoms with van der Waals surface area (Å²) in [5.74, 6) is -1.17. The highest BCUT2D eigenvalue weighted by atomic mass is 16.5. The molecule has 23 heteroatoms. The molecule has 0 saturated carbocycles. The Bertz CT molecular complexity index is 3500. The van der Waals surface area contributed by atoms with Gasteiger partial charge in [0, 0.05) is 92.6 Å². The highest BCUT2D eigenvalue weighted by Gasteiger charge is 2.37. The quantitative estimate of drug-likeness (QED) is 0.0280. The SMILES string of the molecule is COc1cc2c(cc1OCc1cccc(COc3cc4c(cc3OC)C(O)N3Cc5ccccc5C[C@H]3CN4)n1)N=C[C@@H]1Cc3ccc(NC(=O)[C@H](CCCNC(N)=O)NC(=O)[C@@H](NC(=O)CCCCCN4C(=O)C=CC4=O)C(C)C)cc3CN1C2=O. The molecule has 23 nitrogen and oxygen atoms in total. The molecule has 8 N–H and O–H groups in total. The Morgan fingerprint density at radius 2 is 1.47 bits per heavy atom. The first-order valence-corrected chi connectivity index (χ1v) is 29.4. The lowest BCUT2D eigenvalue weighted by Crippen LogP contribution is -2.54. The van der Waals surface area contributed by atoms with E-state index in [0.29, 0.717) is 95.7 Å². The topological polar surface area (TPSA) is 298 Å². The maximum absolute atomic E-state index is 14.5. The van der Waals surface area contributed by atoms with Crippen LogP contribution in [-0.4, -0.2) is 131 Å². The number of unbranched alkanes of at least 4 members (excludes halogenated alkanes) is 2. The molecule has 5 aromatic rings. The summed E-state index contributed by atoms with van der Waals surface area (Å²) in [5.41, 5.74) is 13.4. The first kappa shape index (κ1) is 60.8. The summed E-state index contributed by atoms with van der Waals surface area (Å²) in [6.45, 7) is 5.60. The molecule has 0 fully saturated rings. The van der Waals surface area contributed by atoms with Crippen LogP contribution in [0, 0.1) is 5.92 Å². The molecule has 87 heavy (non-hydrogen) atoms. The number of rotatable bonds is 24. The molecular formula is C64H73N11O12. The number of ether oxygens (including phenoxy) is 4. The number of benzene rings is 4. The molecule has 0 aliphatic carbocycles. The van der Waals surface area contributed by atoms with E-state index in [9.17, 15) is 38.7 Å². The number of carbonyl (C=O) groups excluding carboxylic acids is 7. The monoisotopic (exact) mass is 1190 g/mol. The maximum atomic E-state index is 14.5. The molecule has 10 rings (SSSR count). The van der Waals surface area contributed by atoms with Crippen molar-refractivity contribution in [2.75, 3.05) is 44.5 Å². The van der Waals surface area contributed by atoms with Gasteiger partial charge in [0.2, 0.25) is 17.7 Å². The van der Waals surface area contributed by atoms with E-state index >= 15 is 0 Å². The lowest BCUT2D eigenvalue weighted by atomic mass is 9.93. The average molecular weight is 1190 g/mol. The Labute approximate surface area is 504 Å². The summed E-state index contributed by atoms with van der Waals surface area (Å²) in [6.07, 6.45) is 6.71. The zero-order valence-electron chi connectivity index (χ0n) is 49.1. The lowest BCUT2D eigenvalue weighted by molar-refractivity contribution is -0.137. The number of nitrogens with one attached hydrogen (secondary N) is 5. The summed E-state index contributed by atoms with van der Waals surface area (Å²) in [4.78, 5) is 105. The minimum Gasteiger partial charge on any atom is -0.493 e. The van der Waals surface area contributed by atoms with Crippen molar-refractivity contribution in [2.45, 2.75) is 122 Å². The van der Waals surface area contributed by atoms with Gasteiger partial charge in [0.05, 0.1) is 42.9 Å². The smallest absolute Gasteiger partial charge is 0.312 e. The van der Waals surface area contributed by atoms with Crippen LogP contribution in [-0.2, 0) is 63.1 Å². The average Bonchev–Trinajstić information content (AvgIpc) is 2.82. The van der Waals surface area contributed by atoms with E-state index in [-0.39, 0.29) is 87.7 Å². The first-order valence-electron chi connectivity index (χ1n) is 29.4. The third-order valence-corrected chi connectivity index (χ3v) is 16.3. The number of urea groups is 1. The standard InChI is InChI=1S/C64H73N11O12/c1-37(2)59(72-56(76)17-6-5-9-23-73-57(77)20-21-58(73)78)61(80)71-49(16-11-22-66-64(65)83)60(79)70-42-19-18-39-26-46-32-68-51-30-55(53(85-4)28-48(51)63(82)75(46)34-41(39)24-42)87-36-44-15-10-14-43(69-44)35-86-54-29-50-47(27-52(54)84-3)62(81)74-33-40-13-8-7-12-38(40)25-45(74)31-67-50/h7-8,10,12-15,18-21,24,27-30,32,37,45-46,49,59,62,67,81H,5-6,9,11,16-17,22-23,25-26,31,33-36H2,1-4H3,(H,70,79)(H,71,80)(H,72,76)(H3,65,66,83)/t45-,46-,49-,59-,62?/m0/s1. The minimum atomic E-state index is -1.08. The number of aliphatic imine (C=N–C) groups is 1. The molecule has 0 saturated heterocycles. The highest BCUT2D eigenvalue weighted by Crippen LogP contribution is 2.43. The third kappa shape index (κ3) is 14.3. The van der Waals surface area contributed by atoms with Crippen molar-refractivity contribution in [3.05, 3.63) is 142 Å². The zero-order chi connectivity index (χ0) is 61.3. The van der Waals surface area contributed by atoms with E-state index in [2.05, 4.69) is 49.7 Å². The number of aliphatic hydroxyl groups is 1. The minimum absolute atomic E-state index is 0.0583. The molecule has 5 aliphatic heterocycles. The number of primary amides is 1. The Hall–Kier alpha value is -9.35. The van der Waals surface area contributed by atoms with Gasteiger partial charge in [-0.05, 0) is 103 Å². The van der Waals surface area contributed by atoms with Gasteiger partial charge in [-0.1, -0.05) is 56.7 Å². The molecule has 6 heterocycles. The number of hydrogen-bond donors (Lipinski definition) is 7. The molecule has 456 valence electrons. The summed E-state index contributed by atoms with van der Waals surface area (Å²) < 4.78 is 24.2. The predicted octanol–water partition coefficient (Wildman–Crippen LogP) is 5.88. The number of methoxy groups -OCH3 is 2. The second kappa shape index (κ2) is 27.3. The fourth-order valence-electron chi connectivity index (χ4n) is 11.6. The molecule has 5 atom stereocenters. The molecule has 0 spiro atoms. The van der Waals surface area contributed by atoms with Gasteiger partial charge in [-0.15, -0.1) is 0 Å². The second-order valence-electron chi connectivity index (χ2n) is 22.6. The summed E-state index contributed by atoms with van der Waals surface area (Å²) in [7, 11) is 3.07. The van der Waals surface area contributed by atoms with Crippen molar-refractivity contribution in [3.8, 4) is 23.0 Å². The lowest BCUT2D eigenvalue weighted by Gasteiger charge is -2.38. The summed E-state index contributed by atoms with van der Waals surface area (Å²) >= 11 is 0. The normalized spacial score (nSPS) is 18.0. The molecule has 5 aliphatic rings. The second-order valence-corrected chi connectivity index (χ2v) is 22.6. The van der Waals surface area contributed by atoms with Crippen LogP contribution in [0.4, 0.5) is 21.9 Å². The number of aromatic nitrogens is 1. The fraction of sp³-hybridized carbons (Fsp3) is 0.391. The van der Waals surface area contributed by atoms with Gasteiger partial charge in [-0.2, -0.15) is 0 Å². The number of nitrogens with zero attached hydrogens (tertiary/aromatic N) is 5. The summed E-state index contributed by atoms with van der Waals surface area (Å²) in [5, 5.41) is 26.3. The number of hydrogen-bond acceptors (Lipinski definition) is 16. The van der Waals surface area contributed by atoms with Crippen LogP contribution in [0.1, 0.15) is 108 Å². The number of amides is 8. The first-order chi connectivity index (χ1) is 42.0. The number of nitrogens with two attached hydrogens (primary N) is 1. The van der Waals surface area contributed by atoms with Crippen LogP contribution in [0.3, 0.4) is 0 Å². The van der Waals surface area contributed by atoms with Gasteiger partial charge in [-0.25, -0.2) is 4.79 Å². The van der Waals surface area contributed by atoms with Crippen LogP contribution in [0.2, 0.25) is 0 Å². The van der Waals surface area contributed by atoms with Gasteiger partial charge in [0.1, 0.15) is 31.5 Å². The number of fused-ring (bicyclic) bond motifs is 6. The van der Waals surface area contributed by atoms with E-state index in [1.165, 1.54) is 30.4 Å². The molecular weight excluding hydrogens is 1110 g/mol. The number of pyridine rings is 1. The Balaban J connectivity index is 0.750. The van der Waals surface area contributed by atoms with Crippen molar-refractivity contribution in [1.82, 2.24) is 35.6 Å². The van der Waals surface area contributed by atoms with Crippen LogP contribution < -0.4 is 51.3 Å². The third-order valence-electron chi connectivity index (χ3n) is 16.3. The Morgan fingerprint density at radius 1 is 0.759 bits per heavy atom. The zero-order valence-corrected chi connectivity index (χ0v) is 49.1. The largest absolute Gasteiger partial charge is 0.493 e. The van der Waals surface area contributed by atoms with Crippen molar-refractivity contribution < 1.29 is 57.6 Å². The van der Waals surface area contributed by atoms with Crippen LogP contribution in [0.25, 0.3) is 0 Å². The van der Waals surface area contributed by atoms with Gasteiger partial charge in [0.25, 0.3) is 17.7 Å². The number of anilines is 2. The number of carbonyl (C=O) groups is 7. The predicted molar refractivity (Wildman–Crippen MR) is 322 cm³/mol. The maximum Gasteiger partial charge on any atom is 0.312 e. The van der Waals surface area contributed by atoms with Crippen molar-refractivity contribution >= 4 is 64.8 Å². The van der Waals surface area contributed by atoms with E-state index in [4.69, 9.17) is 34.7 Å². The molecule has 1 aromatic heterocycles. The fourth-order valence-corrected chi connectivity index (χ4v) is 11.6. The molecule has 0 radical (unpaired) electrons. The van der Waals surface area contributed by atoms with Crippen molar-refractivity contribution in [3.63, 3.8) is 0 Å². The molecule has 1 unspecified atom stereocenters. The van der Waals surface area contributed by atoms with Crippen molar-refractivity contribution in [1.29, 1.82) is 0 Å². The van der Waals surface area contributed by atoms with E-state index in [0.717, 1.165) is 28.1 Å². The van der Waals surface area contributed by atoms with E-state index < -0.39 is 42.2 Å². The molecule has 4 aromatic carbocycles. The number of aliphatic hydroxyl groups excluding tert-OH is 1. The number of imide groups is 1. The summed E-state index contributed by atoms with van der Waals surface area (Å²) in [6, 6.07) is 23.3.